The molecule has 2 fully saturated rings. The summed E-state index contributed by atoms with van der Waals surface area (Å²) in [4.78, 5) is 14.2. The average molecular weight is 238 g/mol. The lowest BCUT2D eigenvalue weighted by atomic mass is 9.73. The standard InChI is InChI=1S/C14H26N2O/c1-12(10-15)9-13(17)16-8-7-14(11-16)5-3-2-4-6-14/h12H,2-11,15H2,1H3. The highest BCUT2D eigenvalue weighted by Crippen LogP contribution is 2.43. The minimum Gasteiger partial charge on any atom is -0.342 e. The number of nitrogens with zero attached hydrogens (tertiary/aromatic N) is 1. The van der Waals surface area contributed by atoms with Gasteiger partial charge in [0.1, 0.15) is 0 Å². The highest BCUT2D eigenvalue weighted by Gasteiger charge is 2.40. The lowest BCUT2D eigenvalue weighted by Gasteiger charge is -2.33. The highest BCUT2D eigenvalue weighted by atomic mass is 16.2. The van der Waals surface area contributed by atoms with Crippen molar-refractivity contribution >= 4 is 5.91 Å². The van der Waals surface area contributed by atoms with Gasteiger partial charge in [0.25, 0.3) is 0 Å². The number of carbonyl (C=O) groups is 1. The Kier molecular flexibility index (Phi) is 4.08. The maximum Gasteiger partial charge on any atom is 0.222 e. The Morgan fingerprint density at radius 3 is 2.65 bits per heavy atom. The molecule has 1 spiro atoms. The molecule has 1 amide bonds. The second-order valence-corrected chi connectivity index (χ2v) is 6.17. The van der Waals surface area contributed by atoms with Gasteiger partial charge in [0.2, 0.25) is 5.91 Å². The van der Waals surface area contributed by atoms with Crippen LogP contribution >= 0.6 is 0 Å². The monoisotopic (exact) mass is 238 g/mol. The Labute approximate surface area is 105 Å². The first-order valence-electron chi connectivity index (χ1n) is 7.13. The van der Waals surface area contributed by atoms with E-state index in [0.717, 1.165) is 13.1 Å². The summed E-state index contributed by atoms with van der Waals surface area (Å²) in [6.45, 7) is 4.67. The van der Waals surface area contributed by atoms with Gasteiger partial charge in [0, 0.05) is 19.5 Å². The third kappa shape index (κ3) is 3.01. The smallest absolute Gasteiger partial charge is 0.222 e. The first-order chi connectivity index (χ1) is 8.15. The number of rotatable bonds is 3. The third-order valence-electron chi connectivity index (χ3n) is 4.63. The van der Waals surface area contributed by atoms with Crippen molar-refractivity contribution in [3.8, 4) is 0 Å². The van der Waals surface area contributed by atoms with E-state index in [-0.39, 0.29) is 0 Å². The molecule has 1 aliphatic carbocycles. The van der Waals surface area contributed by atoms with Crippen molar-refractivity contribution in [2.45, 2.75) is 51.9 Å². The van der Waals surface area contributed by atoms with E-state index in [2.05, 4.69) is 11.8 Å². The van der Waals surface area contributed by atoms with E-state index < -0.39 is 0 Å². The predicted octanol–water partition coefficient (Wildman–Crippen LogP) is 2.15. The number of hydrogen-bond donors (Lipinski definition) is 1. The third-order valence-corrected chi connectivity index (χ3v) is 4.63. The Balaban J connectivity index is 1.86. The fourth-order valence-corrected chi connectivity index (χ4v) is 3.37. The van der Waals surface area contributed by atoms with E-state index in [1.54, 1.807) is 0 Å². The molecular formula is C14H26N2O. The Hall–Kier alpha value is -0.570. The molecule has 2 rings (SSSR count). The number of nitrogens with two attached hydrogens (primary N) is 1. The van der Waals surface area contributed by atoms with Crippen LogP contribution in [0.4, 0.5) is 0 Å². The van der Waals surface area contributed by atoms with Crippen molar-refractivity contribution in [3.63, 3.8) is 0 Å². The van der Waals surface area contributed by atoms with Gasteiger partial charge in [-0.25, -0.2) is 0 Å². The first kappa shape index (κ1) is 12.9. The highest BCUT2D eigenvalue weighted by molar-refractivity contribution is 5.76. The zero-order chi connectivity index (χ0) is 12.3. The topological polar surface area (TPSA) is 46.3 Å². The summed E-state index contributed by atoms with van der Waals surface area (Å²) in [7, 11) is 0. The van der Waals surface area contributed by atoms with Gasteiger partial charge in [-0.3, -0.25) is 4.79 Å². The molecule has 0 aromatic carbocycles. The molecule has 1 saturated carbocycles. The van der Waals surface area contributed by atoms with Crippen LogP contribution in [0.5, 0.6) is 0 Å². The largest absolute Gasteiger partial charge is 0.342 e. The molecule has 1 heterocycles. The summed E-state index contributed by atoms with van der Waals surface area (Å²) < 4.78 is 0. The molecule has 0 aromatic rings. The summed E-state index contributed by atoms with van der Waals surface area (Å²) in [5, 5.41) is 0. The molecule has 17 heavy (non-hydrogen) atoms. The zero-order valence-corrected chi connectivity index (χ0v) is 11.1. The van der Waals surface area contributed by atoms with Gasteiger partial charge < -0.3 is 10.6 Å². The van der Waals surface area contributed by atoms with Crippen molar-refractivity contribution in [1.82, 2.24) is 4.90 Å². The molecule has 0 aromatic heterocycles. The lowest BCUT2D eigenvalue weighted by Crippen LogP contribution is -2.34. The van der Waals surface area contributed by atoms with Gasteiger partial charge in [0.05, 0.1) is 0 Å². The van der Waals surface area contributed by atoms with Crippen molar-refractivity contribution < 1.29 is 4.79 Å². The first-order valence-corrected chi connectivity index (χ1v) is 7.13. The normalized spacial score (nSPS) is 25.2. The molecule has 1 aliphatic heterocycles. The predicted molar refractivity (Wildman–Crippen MR) is 69.6 cm³/mol. The van der Waals surface area contributed by atoms with Crippen LogP contribution in [-0.2, 0) is 4.79 Å². The van der Waals surface area contributed by atoms with E-state index >= 15 is 0 Å². The van der Waals surface area contributed by atoms with Crippen LogP contribution in [0.25, 0.3) is 0 Å². The van der Waals surface area contributed by atoms with Gasteiger partial charge in [-0.15, -0.1) is 0 Å². The van der Waals surface area contributed by atoms with E-state index in [1.807, 2.05) is 0 Å². The van der Waals surface area contributed by atoms with Gasteiger partial charge in [-0.2, -0.15) is 0 Å². The van der Waals surface area contributed by atoms with E-state index in [0.29, 0.717) is 30.2 Å². The zero-order valence-electron chi connectivity index (χ0n) is 11.1. The van der Waals surface area contributed by atoms with Crippen molar-refractivity contribution in [3.05, 3.63) is 0 Å². The van der Waals surface area contributed by atoms with Crippen LogP contribution in [0.2, 0.25) is 0 Å². The van der Waals surface area contributed by atoms with E-state index in [4.69, 9.17) is 5.73 Å². The minimum absolute atomic E-state index is 0.324. The van der Waals surface area contributed by atoms with Gasteiger partial charge in [-0.1, -0.05) is 26.2 Å². The molecule has 2 aliphatic rings. The molecule has 0 bridgehead atoms. The summed E-state index contributed by atoms with van der Waals surface area (Å²) in [6.07, 6.45) is 8.65. The van der Waals surface area contributed by atoms with Gasteiger partial charge in [0.15, 0.2) is 0 Å². The molecule has 3 heteroatoms. The van der Waals surface area contributed by atoms with Crippen LogP contribution in [0.15, 0.2) is 0 Å². The SMILES string of the molecule is CC(CN)CC(=O)N1CCC2(CCCCC2)C1. The van der Waals surface area contributed by atoms with Crippen LogP contribution in [-0.4, -0.2) is 30.4 Å². The molecule has 1 saturated heterocycles. The summed E-state index contributed by atoms with van der Waals surface area (Å²) in [6, 6.07) is 0. The fraction of sp³-hybridized carbons (Fsp3) is 0.929. The number of hydrogen-bond acceptors (Lipinski definition) is 2. The average Bonchev–Trinajstić information content (AvgIpc) is 2.74. The molecule has 98 valence electrons. The maximum atomic E-state index is 12.1. The molecule has 0 radical (unpaired) electrons. The van der Waals surface area contributed by atoms with Gasteiger partial charge in [-0.05, 0) is 37.1 Å². The van der Waals surface area contributed by atoms with Crippen LogP contribution in [0, 0.1) is 11.3 Å². The van der Waals surface area contributed by atoms with Crippen LogP contribution in [0.1, 0.15) is 51.9 Å². The van der Waals surface area contributed by atoms with E-state index in [1.165, 1.54) is 38.5 Å². The molecular weight excluding hydrogens is 212 g/mol. The van der Waals surface area contributed by atoms with Crippen LogP contribution < -0.4 is 5.73 Å². The second kappa shape index (κ2) is 5.38. The van der Waals surface area contributed by atoms with Crippen LogP contribution in [0.3, 0.4) is 0 Å². The molecule has 2 N–H and O–H groups in total. The maximum absolute atomic E-state index is 12.1. The Morgan fingerprint density at radius 1 is 1.29 bits per heavy atom. The van der Waals surface area contributed by atoms with Crippen molar-refractivity contribution in [1.29, 1.82) is 0 Å². The van der Waals surface area contributed by atoms with Crippen molar-refractivity contribution in [2.24, 2.45) is 17.1 Å². The Morgan fingerprint density at radius 2 is 2.00 bits per heavy atom. The quantitative estimate of drug-likeness (QED) is 0.819. The minimum atomic E-state index is 0.324. The number of carbonyl (C=O) groups excluding carboxylic acids is 1. The summed E-state index contributed by atoms with van der Waals surface area (Å²) in [5.41, 5.74) is 6.07. The van der Waals surface area contributed by atoms with E-state index in [9.17, 15) is 4.79 Å². The van der Waals surface area contributed by atoms with Gasteiger partial charge >= 0.3 is 0 Å². The lowest BCUT2D eigenvalue weighted by molar-refractivity contribution is -0.131. The summed E-state index contributed by atoms with van der Waals surface area (Å²) in [5.74, 6) is 0.649. The molecule has 1 unspecified atom stereocenters. The molecule has 1 atom stereocenters. The fourth-order valence-electron chi connectivity index (χ4n) is 3.37. The molecule has 3 nitrogen and oxygen atoms in total. The second-order valence-electron chi connectivity index (χ2n) is 6.17. The Bertz CT molecular complexity index is 271. The number of amides is 1. The summed E-state index contributed by atoms with van der Waals surface area (Å²) >= 11 is 0. The van der Waals surface area contributed by atoms with Crippen molar-refractivity contribution in [2.75, 3.05) is 19.6 Å². The number of likely N-dealkylation sites (tertiary alicyclic amines) is 1.